The number of carbonyl (C=O) groups excluding carboxylic acids is 2. The van der Waals surface area contributed by atoms with E-state index in [2.05, 4.69) is 15.6 Å². The molecule has 3 rings (SSSR count). The Hall–Kier alpha value is -3.38. The van der Waals surface area contributed by atoms with Gasteiger partial charge in [0.1, 0.15) is 0 Å². The van der Waals surface area contributed by atoms with E-state index < -0.39 is 5.97 Å². The summed E-state index contributed by atoms with van der Waals surface area (Å²) in [5, 5.41) is 6.31. The van der Waals surface area contributed by atoms with Gasteiger partial charge in [0.25, 0.3) is 5.91 Å². The van der Waals surface area contributed by atoms with E-state index in [1.54, 1.807) is 67.7 Å². The third kappa shape index (κ3) is 4.66. The van der Waals surface area contributed by atoms with E-state index in [-0.39, 0.29) is 12.5 Å². The molecule has 0 saturated carbocycles. The van der Waals surface area contributed by atoms with Crippen LogP contribution in [0.3, 0.4) is 0 Å². The Morgan fingerprint density at radius 2 is 1.75 bits per heavy atom. The van der Waals surface area contributed by atoms with Crippen molar-refractivity contribution in [2.45, 2.75) is 6.92 Å². The predicted molar refractivity (Wildman–Crippen MR) is 109 cm³/mol. The highest BCUT2D eigenvalue weighted by molar-refractivity contribution is 6.33. The normalized spacial score (nSPS) is 10.2. The number of nitrogens with zero attached hydrogens (tertiary/aromatic N) is 1. The molecule has 6 nitrogen and oxygen atoms in total. The van der Waals surface area contributed by atoms with Crippen molar-refractivity contribution in [2.24, 2.45) is 0 Å². The lowest BCUT2D eigenvalue weighted by atomic mass is 10.1. The van der Waals surface area contributed by atoms with Crippen molar-refractivity contribution in [1.29, 1.82) is 0 Å². The molecule has 2 N–H and O–H groups in total. The fourth-order valence-corrected chi connectivity index (χ4v) is 2.71. The van der Waals surface area contributed by atoms with Gasteiger partial charge in [-0.2, -0.15) is 0 Å². The second kappa shape index (κ2) is 9.01. The minimum atomic E-state index is -0.425. The summed E-state index contributed by atoms with van der Waals surface area (Å²) in [6.07, 6.45) is 3.02. The predicted octanol–water partition coefficient (Wildman–Crippen LogP) is 4.91. The molecule has 0 spiro atoms. The highest BCUT2D eigenvalue weighted by atomic mass is 35.5. The van der Waals surface area contributed by atoms with Crippen LogP contribution in [-0.2, 0) is 4.74 Å². The number of halogens is 1. The van der Waals surface area contributed by atoms with Crippen LogP contribution in [0.15, 0.2) is 67.0 Å². The first-order valence-corrected chi connectivity index (χ1v) is 9.00. The van der Waals surface area contributed by atoms with Crippen molar-refractivity contribution < 1.29 is 14.3 Å². The van der Waals surface area contributed by atoms with Crippen LogP contribution in [0.25, 0.3) is 0 Å². The summed E-state index contributed by atoms with van der Waals surface area (Å²) < 4.78 is 5.07. The monoisotopic (exact) mass is 395 g/mol. The molecule has 0 atom stereocenters. The van der Waals surface area contributed by atoms with Crippen molar-refractivity contribution >= 4 is 40.5 Å². The number of hydrogen-bond donors (Lipinski definition) is 2. The van der Waals surface area contributed by atoms with E-state index >= 15 is 0 Å². The van der Waals surface area contributed by atoms with Gasteiger partial charge < -0.3 is 15.4 Å². The van der Waals surface area contributed by atoms with E-state index in [9.17, 15) is 9.59 Å². The summed E-state index contributed by atoms with van der Waals surface area (Å²) in [5.74, 6) is -0.769. The molecule has 1 heterocycles. The molecule has 2 aromatic carbocycles. The Bertz CT molecular complexity index is 1010. The Labute approximate surface area is 167 Å². The summed E-state index contributed by atoms with van der Waals surface area (Å²) in [4.78, 5) is 28.7. The molecule has 28 heavy (non-hydrogen) atoms. The minimum Gasteiger partial charge on any atom is -0.462 e. The number of hydrogen-bond acceptors (Lipinski definition) is 5. The first kappa shape index (κ1) is 19.4. The number of pyridine rings is 1. The number of aromatic nitrogens is 1. The van der Waals surface area contributed by atoms with Gasteiger partial charge in [0.15, 0.2) is 0 Å². The number of rotatable bonds is 6. The lowest BCUT2D eigenvalue weighted by molar-refractivity contribution is 0.0527. The van der Waals surface area contributed by atoms with E-state index in [0.29, 0.717) is 33.2 Å². The van der Waals surface area contributed by atoms with Crippen molar-refractivity contribution in [3.8, 4) is 0 Å². The summed E-state index contributed by atoms with van der Waals surface area (Å²) in [6.45, 7) is 2.03. The zero-order chi connectivity index (χ0) is 19.9. The average molecular weight is 396 g/mol. The number of amides is 1. The Kier molecular flexibility index (Phi) is 6.24. The molecule has 0 fully saturated rings. The van der Waals surface area contributed by atoms with Crippen LogP contribution in [0.1, 0.15) is 27.6 Å². The molecule has 3 aromatic rings. The van der Waals surface area contributed by atoms with Gasteiger partial charge in [0, 0.05) is 6.20 Å². The third-order valence-corrected chi connectivity index (χ3v) is 4.15. The fraction of sp³-hybridized carbons (Fsp3) is 0.0952. The molecule has 0 aliphatic rings. The quantitative estimate of drug-likeness (QED) is 0.580. The number of nitrogens with one attached hydrogen (secondary N) is 2. The molecule has 0 unspecified atom stereocenters. The zero-order valence-corrected chi connectivity index (χ0v) is 15.9. The van der Waals surface area contributed by atoms with Gasteiger partial charge in [-0.05, 0) is 37.3 Å². The molecule has 1 amide bonds. The third-order valence-electron chi connectivity index (χ3n) is 3.82. The first-order valence-electron chi connectivity index (χ1n) is 8.62. The Morgan fingerprint density at radius 1 is 1.04 bits per heavy atom. The topological polar surface area (TPSA) is 80.3 Å². The van der Waals surface area contributed by atoms with Crippen LogP contribution < -0.4 is 10.6 Å². The van der Waals surface area contributed by atoms with E-state index in [0.717, 1.165) is 0 Å². The fourth-order valence-electron chi connectivity index (χ4n) is 2.52. The molecule has 1 aromatic heterocycles. The maximum absolute atomic E-state index is 12.5. The second-order valence-corrected chi connectivity index (χ2v) is 6.19. The highest BCUT2D eigenvalue weighted by Crippen LogP contribution is 2.24. The number of para-hydroxylation sites is 2. The summed E-state index contributed by atoms with van der Waals surface area (Å²) in [7, 11) is 0. The number of esters is 1. The lowest BCUT2D eigenvalue weighted by Gasteiger charge is -2.12. The molecular formula is C21H18ClN3O3. The van der Waals surface area contributed by atoms with Crippen molar-refractivity contribution in [1.82, 2.24) is 4.98 Å². The molecular weight excluding hydrogens is 378 g/mol. The highest BCUT2D eigenvalue weighted by Gasteiger charge is 2.13. The number of carbonyl (C=O) groups is 2. The molecule has 142 valence electrons. The summed E-state index contributed by atoms with van der Waals surface area (Å²) in [6, 6.07) is 15.6. The number of ether oxygens (including phenoxy) is 1. The molecule has 7 heteroatoms. The summed E-state index contributed by atoms with van der Waals surface area (Å²) >= 11 is 6.08. The van der Waals surface area contributed by atoms with Crippen LogP contribution in [0.2, 0.25) is 5.02 Å². The van der Waals surface area contributed by atoms with E-state index in [1.807, 2.05) is 0 Å². The zero-order valence-electron chi connectivity index (χ0n) is 15.1. The van der Waals surface area contributed by atoms with Crippen LogP contribution in [0, 0.1) is 0 Å². The molecule has 0 saturated heterocycles. The first-order chi connectivity index (χ1) is 13.6. The Morgan fingerprint density at radius 3 is 2.50 bits per heavy atom. The van der Waals surface area contributed by atoms with Gasteiger partial charge in [-0.1, -0.05) is 35.9 Å². The lowest BCUT2D eigenvalue weighted by Crippen LogP contribution is -2.13. The molecule has 0 bridgehead atoms. The molecule has 0 aliphatic carbocycles. The SMILES string of the molecule is CCOC(=O)c1ccccc1Nc1cncc(C(=O)Nc2ccccc2Cl)c1. The minimum absolute atomic E-state index is 0.284. The van der Waals surface area contributed by atoms with Gasteiger partial charge in [-0.25, -0.2) is 4.79 Å². The number of anilines is 3. The van der Waals surface area contributed by atoms with E-state index in [4.69, 9.17) is 16.3 Å². The van der Waals surface area contributed by atoms with Crippen molar-refractivity contribution in [2.75, 3.05) is 17.2 Å². The van der Waals surface area contributed by atoms with Crippen LogP contribution in [-0.4, -0.2) is 23.5 Å². The number of benzene rings is 2. The van der Waals surface area contributed by atoms with Crippen LogP contribution in [0.4, 0.5) is 17.1 Å². The largest absolute Gasteiger partial charge is 0.462 e. The van der Waals surface area contributed by atoms with Gasteiger partial charge >= 0.3 is 5.97 Å². The van der Waals surface area contributed by atoms with Crippen LogP contribution >= 0.6 is 11.6 Å². The maximum atomic E-state index is 12.5. The summed E-state index contributed by atoms with van der Waals surface area (Å²) in [5.41, 5.74) is 2.38. The van der Waals surface area contributed by atoms with Gasteiger partial charge in [-0.3, -0.25) is 9.78 Å². The molecule has 0 radical (unpaired) electrons. The van der Waals surface area contributed by atoms with Gasteiger partial charge in [0.05, 0.1) is 46.0 Å². The maximum Gasteiger partial charge on any atom is 0.340 e. The van der Waals surface area contributed by atoms with E-state index in [1.165, 1.54) is 6.20 Å². The smallest absolute Gasteiger partial charge is 0.340 e. The van der Waals surface area contributed by atoms with Gasteiger partial charge in [-0.15, -0.1) is 0 Å². The van der Waals surface area contributed by atoms with Crippen molar-refractivity contribution in [3.05, 3.63) is 83.1 Å². The van der Waals surface area contributed by atoms with Crippen LogP contribution in [0.5, 0.6) is 0 Å². The average Bonchev–Trinajstić information content (AvgIpc) is 2.70. The second-order valence-electron chi connectivity index (χ2n) is 5.79. The molecule has 0 aliphatic heterocycles. The van der Waals surface area contributed by atoms with Gasteiger partial charge in [0.2, 0.25) is 0 Å². The standard InChI is InChI=1S/C21H18ClN3O3/c1-2-28-21(27)16-7-3-5-9-18(16)24-15-11-14(12-23-13-15)20(26)25-19-10-6-4-8-17(19)22/h3-13,24H,2H2,1H3,(H,25,26). The van der Waals surface area contributed by atoms with Crippen molar-refractivity contribution in [3.63, 3.8) is 0 Å². The Balaban J connectivity index is 1.80.